The molecule has 0 bridgehead atoms. The fourth-order valence-corrected chi connectivity index (χ4v) is 3.24. The monoisotopic (exact) mass is 288 g/mol. The zero-order valence-corrected chi connectivity index (χ0v) is 12.8. The molecule has 0 saturated heterocycles. The normalized spacial score (nSPS) is 21.5. The van der Waals surface area contributed by atoms with Gasteiger partial charge in [0.15, 0.2) is 0 Å². The van der Waals surface area contributed by atoms with Gasteiger partial charge in [-0.15, -0.1) is 0 Å². The Morgan fingerprint density at radius 1 is 1.43 bits per heavy atom. The molecule has 1 heterocycles. The van der Waals surface area contributed by atoms with Crippen molar-refractivity contribution in [1.82, 2.24) is 4.90 Å². The summed E-state index contributed by atoms with van der Waals surface area (Å²) in [5.41, 5.74) is 2.23. The Kier molecular flexibility index (Phi) is 4.15. The van der Waals surface area contributed by atoms with Gasteiger partial charge in [0.05, 0.1) is 12.5 Å². The number of fused-ring (bicyclic) bond motifs is 1. The molecule has 2 atom stereocenters. The molecular formula is C17H24N2O2. The Labute approximate surface area is 126 Å². The molecule has 2 aliphatic rings. The van der Waals surface area contributed by atoms with Crippen LogP contribution in [-0.2, 0) is 9.53 Å². The smallest absolute Gasteiger partial charge is 0.232 e. The van der Waals surface area contributed by atoms with Gasteiger partial charge in [-0.05, 0) is 37.3 Å². The predicted octanol–water partition coefficient (Wildman–Crippen LogP) is 2.47. The molecule has 1 fully saturated rings. The van der Waals surface area contributed by atoms with Crippen LogP contribution < -0.4 is 5.32 Å². The number of carbonyl (C=O) groups is 1. The van der Waals surface area contributed by atoms with Crippen LogP contribution in [0.5, 0.6) is 0 Å². The molecule has 1 saturated carbocycles. The van der Waals surface area contributed by atoms with Crippen molar-refractivity contribution in [3.05, 3.63) is 29.8 Å². The molecule has 0 radical (unpaired) electrons. The van der Waals surface area contributed by atoms with Crippen molar-refractivity contribution in [2.75, 3.05) is 32.1 Å². The number of methoxy groups -OCH3 is 1. The van der Waals surface area contributed by atoms with Crippen LogP contribution in [0.2, 0.25) is 0 Å². The first-order valence-electron chi connectivity index (χ1n) is 7.84. The van der Waals surface area contributed by atoms with Crippen molar-refractivity contribution < 1.29 is 9.53 Å². The van der Waals surface area contributed by atoms with Crippen LogP contribution in [0.4, 0.5) is 5.69 Å². The Bertz CT molecular complexity index is 513. The molecule has 0 spiro atoms. The Hall–Kier alpha value is -1.55. The highest BCUT2D eigenvalue weighted by molar-refractivity contribution is 5.88. The zero-order chi connectivity index (χ0) is 14.8. The molecule has 114 valence electrons. The molecule has 3 rings (SSSR count). The first-order valence-corrected chi connectivity index (χ1v) is 7.84. The summed E-state index contributed by atoms with van der Waals surface area (Å²) >= 11 is 0. The Morgan fingerprint density at radius 3 is 2.90 bits per heavy atom. The van der Waals surface area contributed by atoms with Crippen molar-refractivity contribution in [3.8, 4) is 0 Å². The first kappa shape index (κ1) is 14.4. The lowest BCUT2D eigenvalue weighted by Gasteiger charge is -2.31. The number of hydrogen-bond acceptors (Lipinski definition) is 3. The maximum atomic E-state index is 13.0. The second kappa shape index (κ2) is 6.06. The van der Waals surface area contributed by atoms with Gasteiger partial charge in [-0.2, -0.15) is 0 Å². The van der Waals surface area contributed by atoms with E-state index in [1.54, 1.807) is 7.11 Å². The fraction of sp³-hybridized carbons (Fsp3) is 0.588. The second-order valence-corrected chi connectivity index (χ2v) is 6.12. The van der Waals surface area contributed by atoms with Gasteiger partial charge < -0.3 is 15.0 Å². The minimum absolute atomic E-state index is 0.0562. The van der Waals surface area contributed by atoms with E-state index in [1.165, 1.54) is 12.8 Å². The number of anilines is 1. The summed E-state index contributed by atoms with van der Waals surface area (Å²) < 4.78 is 5.20. The van der Waals surface area contributed by atoms with Crippen molar-refractivity contribution in [1.29, 1.82) is 0 Å². The quantitative estimate of drug-likeness (QED) is 0.874. The van der Waals surface area contributed by atoms with E-state index in [1.807, 2.05) is 23.1 Å². The molecule has 4 heteroatoms. The van der Waals surface area contributed by atoms with Gasteiger partial charge in [0, 0.05) is 31.9 Å². The van der Waals surface area contributed by atoms with Gasteiger partial charge in [0.2, 0.25) is 5.91 Å². The van der Waals surface area contributed by atoms with Crippen molar-refractivity contribution in [2.24, 2.45) is 5.92 Å². The second-order valence-electron chi connectivity index (χ2n) is 6.12. The minimum atomic E-state index is -0.0562. The van der Waals surface area contributed by atoms with Crippen LogP contribution in [0.15, 0.2) is 24.3 Å². The number of benzene rings is 1. The largest absolute Gasteiger partial charge is 0.384 e. The van der Waals surface area contributed by atoms with Crippen molar-refractivity contribution >= 4 is 11.6 Å². The lowest BCUT2D eigenvalue weighted by atomic mass is 9.98. The van der Waals surface area contributed by atoms with Gasteiger partial charge in [-0.1, -0.05) is 18.2 Å². The number of amides is 1. The van der Waals surface area contributed by atoms with Gasteiger partial charge in [0.1, 0.15) is 0 Å². The third-order valence-electron chi connectivity index (χ3n) is 4.75. The van der Waals surface area contributed by atoms with E-state index in [2.05, 4.69) is 18.3 Å². The van der Waals surface area contributed by atoms with Gasteiger partial charge in [0.25, 0.3) is 0 Å². The van der Waals surface area contributed by atoms with E-state index < -0.39 is 0 Å². The summed E-state index contributed by atoms with van der Waals surface area (Å²) in [6.07, 6.45) is 2.49. The van der Waals surface area contributed by atoms with E-state index in [4.69, 9.17) is 4.74 Å². The number of ether oxygens (including phenoxy) is 1. The maximum absolute atomic E-state index is 13.0. The standard InChI is InChI=1S/C17H24N2O2/c1-12(13-7-8-13)19(9-10-21-2)17(20)15-11-18-16-6-4-3-5-14(15)16/h3-6,12-13,15,18H,7-11H2,1-2H3. The highest BCUT2D eigenvalue weighted by atomic mass is 16.5. The van der Waals surface area contributed by atoms with E-state index in [-0.39, 0.29) is 11.8 Å². The summed E-state index contributed by atoms with van der Waals surface area (Å²) in [5, 5.41) is 3.35. The van der Waals surface area contributed by atoms with Gasteiger partial charge in [-0.3, -0.25) is 4.79 Å². The van der Waals surface area contributed by atoms with E-state index >= 15 is 0 Å². The average Bonchev–Trinajstić information content (AvgIpc) is 3.26. The number of nitrogens with one attached hydrogen (secondary N) is 1. The van der Waals surface area contributed by atoms with Crippen LogP contribution >= 0.6 is 0 Å². The topological polar surface area (TPSA) is 41.6 Å². The zero-order valence-electron chi connectivity index (χ0n) is 12.8. The lowest BCUT2D eigenvalue weighted by molar-refractivity contribution is -0.135. The fourth-order valence-electron chi connectivity index (χ4n) is 3.24. The molecule has 2 unspecified atom stereocenters. The van der Waals surface area contributed by atoms with Crippen LogP contribution in [0.1, 0.15) is 31.2 Å². The van der Waals surface area contributed by atoms with Crippen molar-refractivity contribution in [2.45, 2.75) is 31.7 Å². The molecule has 21 heavy (non-hydrogen) atoms. The first-order chi connectivity index (χ1) is 10.2. The summed E-state index contributed by atoms with van der Waals surface area (Å²) in [6, 6.07) is 8.45. The van der Waals surface area contributed by atoms with E-state index in [0.717, 1.165) is 11.3 Å². The molecule has 1 N–H and O–H groups in total. The highest BCUT2D eigenvalue weighted by Crippen LogP contribution is 2.38. The number of hydrogen-bond donors (Lipinski definition) is 1. The SMILES string of the molecule is COCCN(C(=O)C1CNc2ccccc21)C(C)C1CC1. The average molecular weight is 288 g/mol. The number of nitrogens with zero attached hydrogens (tertiary/aromatic N) is 1. The lowest BCUT2D eigenvalue weighted by Crippen LogP contribution is -2.44. The predicted molar refractivity (Wildman–Crippen MR) is 83.4 cm³/mol. The number of carbonyl (C=O) groups excluding carboxylic acids is 1. The van der Waals surface area contributed by atoms with Gasteiger partial charge >= 0.3 is 0 Å². The summed E-state index contributed by atoms with van der Waals surface area (Å²) in [4.78, 5) is 15.1. The summed E-state index contributed by atoms with van der Waals surface area (Å²) in [5.74, 6) is 0.860. The molecule has 4 nitrogen and oxygen atoms in total. The van der Waals surface area contributed by atoms with E-state index in [0.29, 0.717) is 31.7 Å². The Morgan fingerprint density at radius 2 is 2.19 bits per heavy atom. The molecule has 1 aliphatic heterocycles. The third kappa shape index (κ3) is 2.91. The third-order valence-corrected chi connectivity index (χ3v) is 4.75. The van der Waals surface area contributed by atoms with Crippen LogP contribution in [-0.4, -0.2) is 43.7 Å². The molecule has 1 amide bonds. The van der Waals surface area contributed by atoms with Crippen molar-refractivity contribution in [3.63, 3.8) is 0 Å². The minimum Gasteiger partial charge on any atom is -0.384 e. The Balaban J connectivity index is 1.77. The van der Waals surface area contributed by atoms with Crippen LogP contribution in [0.3, 0.4) is 0 Å². The maximum Gasteiger partial charge on any atom is 0.232 e. The van der Waals surface area contributed by atoms with E-state index in [9.17, 15) is 4.79 Å². The highest BCUT2D eigenvalue weighted by Gasteiger charge is 2.38. The molecule has 1 aromatic rings. The molecule has 1 aromatic carbocycles. The van der Waals surface area contributed by atoms with Gasteiger partial charge in [-0.25, -0.2) is 0 Å². The number of rotatable bonds is 6. The number of para-hydroxylation sites is 1. The van der Waals surface area contributed by atoms with Crippen LogP contribution in [0, 0.1) is 5.92 Å². The molecule has 1 aliphatic carbocycles. The summed E-state index contributed by atoms with van der Waals surface area (Å²) in [6.45, 7) is 4.18. The van der Waals surface area contributed by atoms with Crippen LogP contribution in [0.25, 0.3) is 0 Å². The molecule has 0 aromatic heterocycles. The summed E-state index contributed by atoms with van der Waals surface area (Å²) in [7, 11) is 1.69. The molecular weight excluding hydrogens is 264 g/mol.